The summed E-state index contributed by atoms with van der Waals surface area (Å²) in [6, 6.07) is 0.155. The first-order valence-corrected chi connectivity index (χ1v) is 7.76. The Labute approximate surface area is 131 Å². The van der Waals surface area contributed by atoms with Crippen LogP contribution in [-0.2, 0) is 0 Å². The maximum atomic E-state index is 11.6. The van der Waals surface area contributed by atoms with E-state index in [0.29, 0.717) is 15.3 Å². The lowest BCUT2D eigenvalue weighted by molar-refractivity contribution is 0.224. The number of aromatic nitrogens is 2. The van der Waals surface area contributed by atoms with E-state index in [4.69, 9.17) is 18.0 Å². The number of thiocarbonyl (C=S) groups is 1. The Morgan fingerprint density at radius 2 is 2.20 bits per heavy atom. The number of nitrogens with two attached hydrogens (primary N) is 1. The Morgan fingerprint density at radius 3 is 2.75 bits per heavy atom. The number of nitrogens with one attached hydrogen (secondary N) is 1. The molecular weight excluding hydrogens is 342 g/mol. The van der Waals surface area contributed by atoms with Gasteiger partial charge in [-0.05, 0) is 22.4 Å². The summed E-state index contributed by atoms with van der Waals surface area (Å²) in [6.07, 6.45) is 2.35. The molecule has 1 aromatic heterocycles. The zero-order chi connectivity index (χ0) is 14.7. The number of hydrogen-bond donors (Lipinski definition) is 2. The van der Waals surface area contributed by atoms with Crippen LogP contribution in [0, 0.1) is 0 Å². The molecule has 110 valence electrons. The van der Waals surface area contributed by atoms with Gasteiger partial charge in [-0.1, -0.05) is 19.1 Å². The molecule has 0 amide bonds. The van der Waals surface area contributed by atoms with E-state index in [-0.39, 0.29) is 11.6 Å². The van der Waals surface area contributed by atoms with Crippen LogP contribution in [0.1, 0.15) is 13.3 Å². The predicted octanol–water partition coefficient (Wildman–Crippen LogP) is 0.719. The number of rotatable bonds is 4. The first-order valence-electron chi connectivity index (χ1n) is 6.56. The van der Waals surface area contributed by atoms with Crippen molar-refractivity contribution in [1.82, 2.24) is 14.9 Å². The summed E-state index contributed by atoms with van der Waals surface area (Å²) in [7, 11) is 0. The number of halogens is 1. The first kappa shape index (κ1) is 15.4. The van der Waals surface area contributed by atoms with Crippen molar-refractivity contribution in [3.8, 4) is 0 Å². The van der Waals surface area contributed by atoms with Crippen LogP contribution in [-0.4, -0.2) is 52.1 Å². The molecule has 1 unspecified atom stereocenters. The normalized spacial score (nSPS) is 18.0. The number of piperazine rings is 1. The molecule has 1 saturated heterocycles. The fourth-order valence-electron chi connectivity index (χ4n) is 2.48. The van der Waals surface area contributed by atoms with Crippen molar-refractivity contribution in [1.29, 1.82) is 0 Å². The molecule has 0 radical (unpaired) electrons. The molecule has 2 heterocycles. The standard InChI is InChI=1S/C12H18BrN5OS/c1-2-8(10(14)20)17-3-5-18(6-4-17)11-9(13)12(19)16-7-15-11/h7-8H,2-6H2,1H3,(H2,14,20)(H,15,16,19). The van der Waals surface area contributed by atoms with Crippen molar-refractivity contribution in [2.75, 3.05) is 31.1 Å². The van der Waals surface area contributed by atoms with Crippen LogP contribution >= 0.6 is 28.1 Å². The summed E-state index contributed by atoms with van der Waals surface area (Å²) in [6.45, 7) is 5.40. The van der Waals surface area contributed by atoms with Crippen LogP contribution in [0.3, 0.4) is 0 Å². The van der Waals surface area contributed by atoms with Gasteiger partial charge in [0, 0.05) is 26.2 Å². The Balaban J connectivity index is 2.06. The third-order valence-electron chi connectivity index (χ3n) is 3.55. The molecule has 0 bridgehead atoms. The largest absolute Gasteiger partial charge is 0.392 e. The van der Waals surface area contributed by atoms with E-state index in [2.05, 4.69) is 42.6 Å². The number of anilines is 1. The molecule has 3 N–H and O–H groups in total. The average Bonchev–Trinajstić information content (AvgIpc) is 2.43. The maximum absolute atomic E-state index is 11.6. The van der Waals surface area contributed by atoms with E-state index in [0.717, 1.165) is 32.6 Å². The van der Waals surface area contributed by atoms with Crippen molar-refractivity contribution in [2.45, 2.75) is 19.4 Å². The molecular formula is C12H18BrN5OS. The zero-order valence-electron chi connectivity index (χ0n) is 11.3. The molecule has 1 aromatic rings. The third kappa shape index (κ3) is 3.18. The van der Waals surface area contributed by atoms with E-state index in [1.807, 2.05) is 0 Å². The highest BCUT2D eigenvalue weighted by Gasteiger charge is 2.26. The van der Waals surface area contributed by atoms with Crippen LogP contribution in [0.4, 0.5) is 5.82 Å². The van der Waals surface area contributed by atoms with Crippen LogP contribution < -0.4 is 16.2 Å². The molecule has 0 aromatic carbocycles. The van der Waals surface area contributed by atoms with E-state index in [9.17, 15) is 4.79 Å². The van der Waals surface area contributed by atoms with Crippen molar-refractivity contribution in [3.63, 3.8) is 0 Å². The Kier molecular flexibility index (Phi) is 5.11. The lowest BCUT2D eigenvalue weighted by Crippen LogP contribution is -2.54. The highest BCUT2D eigenvalue weighted by molar-refractivity contribution is 9.10. The summed E-state index contributed by atoms with van der Waals surface area (Å²) in [4.78, 5) is 23.3. The van der Waals surface area contributed by atoms with Gasteiger partial charge in [0.15, 0.2) is 0 Å². The Bertz CT molecular complexity index is 541. The van der Waals surface area contributed by atoms with E-state index < -0.39 is 0 Å². The molecule has 1 aliphatic rings. The second kappa shape index (κ2) is 6.64. The number of nitrogens with zero attached hydrogens (tertiary/aromatic N) is 3. The summed E-state index contributed by atoms with van der Waals surface area (Å²) >= 11 is 8.41. The highest BCUT2D eigenvalue weighted by Crippen LogP contribution is 2.21. The van der Waals surface area contributed by atoms with Crippen molar-refractivity contribution >= 4 is 39.0 Å². The Hall–Kier alpha value is -0.990. The van der Waals surface area contributed by atoms with Gasteiger partial charge in [0.25, 0.3) is 5.56 Å². The van der Waals surface area contributed by atoms with Gasteiger partial charge < -0.3 is 15.6 Å². The lowest BCUT2D eigenvalue weighted by Gasteiger charge is -2.39. The van der Waals surface area contributed by atoms with Gasteiger partial charge in [-0.3, -0.25) is 9.69 Å². The molecule has 1 aliphatic heterocycles. The molecule has 8 heteroatoms. The van der Waals surface area contributed by atoms with Crippen LogP contribution in [0.5, 0.6) is 0 Å². The minimum atomic E-state index is -0.160. The molecule has 6 nitrogen and oxygen atoms in total. The van der Waals surface area contributed by atoms with Gasteiger partial charge in [0.05, 0.1) is 17.4 Å². The van der Waals surface area contributed by atoms with Crippen molar-refractivity contribution in [2.24, 2.45) is 5.73 Å². The SMILES string of the molecule is CCC(C(N)=S)N1CCN(c2nc[nH]c(=O)c2Br)CC1. The second-order valence-electron chi connectivity index (χ2n) is 4.72. The number of hydrogen-bond acceptors (Lipinski definition) is 5. The van der Waals surface area contributed by atoms with Crippen molar-refractivity contribution < 1.29 is 0 Å². The average molecular weight is 360 g/mol. The molecule has 2 rings (SSSR count). The molecule has 0 saturated carbocycles. The smallest absolute Gasteiger partial charge is 0.267 e. The lowest BCUT2D eigenvalue weighted by atomic mass is 10.1. The van der Waals surface area contributed by atoms with E-state index >= 15 is 0 Å². The monoisotopic (exact) mass is 359 g/mol. The van der Waals surface area contributed by atoms with Gasteiger partial charge in [-0.25, -0.2) is 4.98 Å². The summed E-state index contributed by atoms with van der Waals surface area (Å²) in [5, 5.41) is 0. The Morgan fingerprint density at radius 1 is 1.55 bits per heavy atom. The summed E-state index contributed by atoms with van der Waals surface area (Å²) in [5.74, 6) is 0.691. The maximum Gasteiger partial charge on any atom is 0.267 e. The summed E-state index contributed by atoms with van der Waals surface area (Å²) in [5.41, 5.74) is 5.62. The van der Waals surface area contributed by atoms with Crippen LogP contribution in [0.2, 0.25) is 0 Å². The number of aromatic amines is 1. The van der Waals surface area contributed by atoms with Crippen LogP contribution in [0.25, 0.3) is 0 Å². The van der Waals surface area contributed by atoms with Gasteiger partial charge in [-0.2, -0.15) is 0 Å². The molecule has 0 spiro atoms. The number of H-pyrrole nitrogens is 1. The minimum Gasteiger partial charge on any atom is -0.392 e. The topological polar surface area (TPSA) is 78.2 Å². The van der Waals surface area contributed by atoms with Crippen LogP contribution in [0.15, 0.2) is 15.6 Å². The quantitative estimate of drug-likeness (QED) is 0.771. The van der Waals surface area contributed by atoms with E-state index in [1.165, 1.54) is 6.33 Å². The van der Waals surface area contributed by atoms with E-state index in [1.54, 1.807) is 0 Å². The second-order valence-corrected chi connectivity index (χ2v) is 5.98. The summed E-state index contributed by atoms with van der Waals surface area (Å²) < 4.78 is 0.481. The first-order chi connectivity index (χ1) is 9.54. The third-order valence-corrected chi connectivity index (χ3v) is 4.53. The highest BCUT2D eigenvalue weighted by atomic mass is 79.9. The van der Waals surface area contributed by atoms with Gasteiger partial charge >= 0.3 is 0 Å². The molecule has 20 heavy (non-hydrogen) atoms. The molecule has 0 aliphatic carbocycles. The van der Waals surface area contributed by atoms with Crippen molar-refractivity contribution in [3.05, 3.63) is 21.2 Å². The van der Waals surface area contributed by atoms with Gasteiger partial charge in [0.2, 0.25) is 0 Å². The minimum absolute atomic E-state index is 0.155. The van der Waals surface area contributed by atoms with Gasteiger partial charge in [0.1, 0.15) is 10.3 Å². The predicted molar refractivity (Wildman–Crippen MR) is 87.2 cm³/mol. The fraction of sp³-hybridized carbons (Fsp3) is 0.583. The van der Waals surface area contributed by atoms with Gasteiger partial charge in [-0.15, -0.1) is 0 Å². The molecule has 1 fully saturated rings. The zero-order valence-corrected chi connectivity index (χ0v) is 13.7. The fourth-order valence-corrected chi connectivity index (χ4v) is 3.26. The molecule has 1 atom stereocenters.